The van der Waals surface area contributed by atoms with Crippen LogP contribution in [0.1, 0.15) is 46.0 Å². The van der Waals surface area contributed by atoms with Gasteiger partial charge in [-0.25, -0.2) is 0 Å². The molecule has 0 spiro atoms. The Kier molecular flexibility index (Phi) is 6.56. The molecule has 0 aromatic carbocycles. The quantitative estimate of drug-likeness (QED) is 0.458. The lowest BCUT2D eigenvalue weighted by molar-refractivity contribution is 0.353. The fourth-order valence-electron chi connectivity index (χ4n) is 2.36. The molecule has 0 aliphatic carbocycles. The predicted octanol–water partition coefficient (Wildman–Crippen LogP) is 4.84. The van der Waals surface area contributed by atoms with Gasteiger partial charge in [-0.15, -0.1) is 6.58 Å². The molecule has 0 radical (unpaired) electrons. The second kappa shape index (κ2) is 7.97. The highest BCUT2D eigenvalue weighted by atomic mass is 15.1. The molecule has 0 amide bonds. The van der Waals surface area contributed by atoms with Crippen molar-refractivity contribution < 1.29 is 0 Å². The first-order chi connectivity index (χ1) is 8.69. The smallest absolute Gasteiger partial charge is 0.0388 e. The minimum absolute atomic E-state index is 1.08. The van der Waals surface area contributed by atoms with Crippen LogP contribution >= 0.6 is 0 Å². The summed E-state index contributed by atoms with van der Waals surface area (Å²) in [5.74, 6) is 0. The van der Waals surface area contributed by atoms with Crippen molar-refractivity contribution >= 4 is 0 Å². The molecule has 0 N–H and O–H groups in total. The molecule has 1 rings (SSSR count). The molecule has 0 fully saturated rings. The number of nitrogens with zero attached hydrogens (tertiary/aromatic N) is 1. The zero-order chi connectivity index (χ0) is 13.4. The summed E-state index contributed by atoms with van der Waals surface area (Å²) in [5.41, 5.74) is 4.45. The summed E-state index contributed by atoms with van der Waals surface area (Å²) in [5, 5.41) is 0. The lowest BCUT2D eigenvalue weighted by Crippen LogP contribution is -2.29. The first-order valence-corrected chi connectivity index (χ1v) is 7.05. The summed E-state index contributed by atoms with van der Waals surface area (Å²) in [6.07, 6.45) is 12.3. The highest BCUT2D eigenvalue weighted by Crippen LogP contribution is 2.25. The Morgan fingerprint density at radius 3 is 2.67 bits per heavy atom. The average molecular weight is 245 g/mol. The van der Waals surface area contributed by atoms with Crippen molar-refractivity contribution in [1.82, 2.24) is 4.90 Å². The number of hydrogen-bond donors (Lipinski definition) is 0. The minimum atomic E-state index is 1.08. The molecule has 0 aromatic heterocycles. The van der Waals surface area contributed by atoms with Gasteiger partial charge in [0.25, 0.3) is 0 Å². The molecule has 1 heterocycles. The van der Waals surface area contributed by atoms with Gasteiger partial charge >= 0.3 is 0 Å². The van der Waals surface area contributed by atoms with Crippen molar-refractivity contribution in [3.63, 3.8) is 0 Å². The molecule has 0 saturated carbocycles. The minimum Gasteiger partial charge on any atom is -0.371 e. The van der Waals surface area contributed by atoms with E-state index in [2.05, 4.69) is 44.1 Å². The summed E-state index contributed by atoms with van der Waals surface area (Å²) < 4.78 is 0. The molecule has 1 aliphatic rings. The largest absolute Gasteiger partial charge is 0.371 e. The van der Waals surface area contributed by atoms with Crippen molar-refractivity contribution in [2.75, 3.05) is 13.1 Å². The van der Waals surface area contributed by atoms with Crippen LogP contribution in [-0.4, -0.2) is 18.0 Å². The molecule has 1 nitrogen and oxygen atoms in total. The first-order valence-electron chi connectivity index (χ1n) is 7.05. The van der Waals surface area contributed by atoms with E-state index in [1.165, 1.54) is 18.5 Å². The van der Waals surface area contributed by atoms with Crippen LogP contribution in [0, 0.1) is 0 Å². The lowest BCUT2D eigenvalue weighted by atomic mass is 9.95. The first kappa shape index (κ1) is 14.8. The van der Waals surface area contributed by atoms with E-state index in [0.717, 1.165) is 32.4 Å². The van der Waals surface area contributed by atoms with Crippen LogP contribution in [0.5, 0.6) is 0 Å². The van der Waals surface area contributed by atoms with E-state index in [0.29, 0.717) is 0 Å². The van der Waals surface area contributed by atoms with E-state index >= 15 is 0 Å². The van der Waals surface area contributed by atoms with Crippen molar-refractivity contribution in [1.29, 1.82) is 0 Å². The molecule has 18 heavy (non-hydrogen) atoms. The van der Waals surface area contributed by atoms with E-state index in [1.54, 1.807) is 11.1 Å². The van der Waals surface area contributed by atoms with Gasteiger partial charge in [0.2, 0.25) is 0 Å². The average Bonchev–Trinajstić information content (AvgIpc) is 2.38. The Labute approximate surface area is 113 Å². The maximum absolute atomic E-state index is 4.05. The van der Waals surface area contributed by atoms with Gasteiger partial charge in [0.05, 0.1) is 0 Å². The Hall–Kier alpha value is -1.24. The fraction of sp³-hybridized carbons (Fsp3) is 0.529. The van der Waals surface area contributed by atoms with Crippen LogP contribution in [0.3, 0.4) is 0 Å². The highest BCUT2D eigenvalue weighted by Gasteiger charge is 2.16. The zero-order valence-corrected chi connectivity index (χ0v) is 12.0. The SMILES string of the molecule is C=CCC/C=C\CC1=C(CC)CN(C(=C)C)CC1. The van der Waals surface area contributed by atoms with Crippen molar-refractivity contribution in [3.8, 4) is 0 Å². The summed E-state index contributed by atoms with van der Waals surface area (Å²) in [7, 11) is 0. The Morgan fingerprint density at radius 2 is 2.06 bits per heavy atom. The topological polar surface area (TPSA) is 3.24 Å². The van der Waals surface area contributed by atoms with Crippen LogP contribution in [0.4, 0.5) is 0 Å². The Morgan fingerprint density at radius 1 is 1.28 bits per heavy atom. The van der Waals surface area contributed by atoms with E-state index in [9.17, 15) is 0 Å². The standard InChI is InChI=1S/C17H27N/c1-5-7-8-9-10-11-17-12-13-18(15(3)4)14-16(17)6-2/h5,9-10H,1,3,6-8,11-14H2,2,4H3/b10-9-. The number of hydrogen-bond acceptors (Lipinski definition) is 1. The van der Waals surface area contributed by atoms with Gasteiger partial charge in [0.15, 0.2) is 0 Å². The van der Waals surface area contributed by atoms with Crippen LogP contribution in [0.25, 0.3) is 0 Å². The molecule has 0 unspecified atom stereocenters. The van der Waals surface area contributed by atoms with E-state index < -0.39 is 0 Å². The number of rotatable bonds is 7. The van der Waals surface area contributed by atoms with Gasteiger partial charge in [0, 0.05) is 18.8 Å². The number of allylic oxidation sites excluding steroid dienone is 4. The molecule has 0 saturated heterocycles. The fourth-order valence-corrected chi connectivity index (χ4v) is 2.36. The van der Waals surface area contributed by atoms with Gasteiger partial charge in [-0.3, -0.25) is 0 Å². The monoisotopic (exact) mass is 245 g/mol. The molecule has 0 atom stereocenters. The van der Waals surface area contributed by atoms with Gasteiger partial charge in [-0.05, 0) is 39.0 Å². The van der Waals surface area contributed by atoms with Gasteiger partial charge in [-0.1, -0.05) is 42.9 Å². The second-order valence-electron chi connectivity index (χ2n) is 5.01. The molecule has 0 aromatic rings. The van der Waals surface area contributed by atoms with Crippen LogP contribution < -0.4 is 0 Å². The Bertz CT molecular complexity index is 347. The van der Waals surface area contributed by atoms with Gasteiger partial charge in [-0.2, -0.15) is 0 Å². The van der Waals surface area contributed by atoms with Crippen LogP contribution in [0.15, 0.2) is 48.2 Å². The van der Waals surface area contributed by atoms with Crippen molar-refractivity contribution in [2.45, 2.75) is 46.0 Å². The van der Waals surface area contributed by atoms with Crippen LogP contribution in [0.2, 0.25) is 0 Å². The summed E-state index contributed by atoms with van der Waals surface area (Å²) in [4.78, 5) is 2.39. The number of unbranched alkanes of at least 4 members (excludes halogenated alkanes) is 1. The maximum atomic E-state index is 4.05. The van der Waals surface area contributed by atoms with Gasteiger partial charge < -0.3 is 4.90 Å². The third-order valence-corrected chi connectivity index (χ3v) is 3.60. The zero-order valence-electron chi connectivity index (χ0n) is 12.0. The lowest BCUT2D eigenvalue weighted by Gasteiger charge is -2.32. The highest BCUT2D eigenvalue weighted by molar-refractivity contribution is 5.23. The van der Waals surface area contributed by atoms with Gasteiger partial charge in [0.1, 0.15) is 0 Å². The normalized spacial score (nSPS) is 16.4. The van der Waals surface area contributed by atoms with E-state index in [4.69, 9.17) is 0 Å². The third-order valence-electron chi connectivity index (χ3n) is 3.60. The summed E-state index contributed by atoms with van der Waals surface area (Å²) in [6.45, 7) is 14.4. The summed E-state index contributed by atoms with van der Waals surface area (Å²) in [6, 6.07) is 0. The molecule has 0 bridgehead atoms. The molecular weight excluding hydrogens is 218 g/mol. The molecule has 100 valence electrons. The van der Waals surface area contributed by atoms with E-state index in [-0.39, 0.29) is 0 Å². The van der Waals surface area contributed by atoms with Crippen molar-refractivity contribution in [2.24, 2.45) is 0 Å². The van der Waals surface area contributed by atoms with E-state index in [1.807, 2.05) is 6.08 Å². The third kappa shape index (κ3) is 4.56. The Balaban J connectivity index is 2.54. The molecular formula is C17H27N. The maximum Gasteiger partial charge on any atom is 0.0388 e. The van der Waals surface area contributed by atoms with Crippen LogP contribution in [-0.2, 0) is 0 Å². The summed E-state index contributed by atoms with van der Waals surface area (Å²) >= 11 is 0. The van der Waals surface area contributed by atoms with Crippen molar-refractivity contribution in [3.05, 3.63) is 48.2 Å². The molecule has 1 aliphatic heterocycles. The second-order valence-corrected chi connectivity index (χ2v) is 5.01. The molecule has 1 heteroatoms. The predicted molar refractivity (Wildman–Crippen MR) is 81.5 cm³/mol.